The second-order valence-electron chi connectivity index (χ2n) is 2.53. The van der Waals surface area contributed by atoms with Crippen LogP contribution in [0.1, 0.15) is 13.8 Å². The summed E-state index contributed by atoms with van der Waals surface area (Å²) in [4.78, 5) is 4.21. The average Bonchev–Trinajstić information content (AvgIpc) is 2.31. The summed E-state index contributed by atoms with van der Waals surface area (Å²) in [6.45, 7) is 4.00. The maximum absolute atomic E-state index is 5.19. The molecule has 0 radical (unpaired) electrons. The number of pyridine rings is 1. The smallest absolute Gasteiger partial charge is 0.129 e. The lowest BCUT2D eigenvalue weighted by Crippen LogP contribution is -1.85. The maximum Gasteiger partial charge on any atom is 0.129 e. The highest BCUT2D eigenvalue weighted by Crippen LogP contribution is 2.22. The Morgan fingerprint density at radius 2 is 1.79 bits per heavy atom. The van der Waals surface area contributed by atoms with Crippen molar-refractivity contribution in [2.75, 3.05) is 7.11 Å². The van der Waals surface area contributed by atoms with Crippen molar-refractivity contribution >= 4 is 10.9 Å². The second-order valence-corrected chi connectivity index (χ2v) is 2.53. The molecule has 0 atom stereocenters. The van der Waals surface area contributed by atoms with E-state index in [1.54, 1.807) is 13.3 Å². The van der Waals surface area contributed by atoms with Gasteiger partial charge in [0.2, 0.25) is 0 Å². The zero-order valence-corrected chi connectivity index (χ0v) is 8.82. The number of fused-ring (bicyclic) bond motifs is 1. The number of ether oxygens (including phenoxy) is 1. The summed E-state index contributed by atoms with van der Waals surface area (Å²) in [6, 6.07) is 9.78. The van der Waals surface area contributed by atoms with Gasteiger partial charge in [-0.25, -0.2) is 0 Å². The molecule has 0 aliphatic heterocycles. The van der Waals surface area contributed by atoms with E-state index in [2.05, 4.69) is 4.98 Å². The van der Waals surface area contributed by atoms with Crippen molar-refractivity contribution in [3.8, 4) is 5.75 Å². The van der Waals surface area contributed by atoms with Gasteiger partial charge < -0.3 is 4.74 Å². The third-order valence-corrected chi connectivity index (χ3v) is 1.83. The Morgan fingerprint density at radius 1 is 1.07 bits per heavy atom. The minimum absolute atomic E-state index is 0.876. The number of para-hydroxylation sites is 1. The highest BCUT2D eigenvalue weighted by molar-refractivity contribution is 5.84. The van der Waals surface area contributed by atoms with Crippen LogP contribution in [-0.2, 0) is 0 Å². The number of nitrogens with zero attached hydrogens (tertiary/aromatic N) is 1. The van der Waals surface area contributed by atoms with Crippen LogP contribution in [0.2, 0.25) is 0 Å². The van der Waals surface area contributed by atoms with Crippen molar-refractivity contribution < 1.29 is 4.74 Å². The van der Waals surface area contributed by atoms with E-state index in [1.165, 1.54) is 0 Å². The van der Waals surface area contributed by atoms with E-state index in [0.717, 1.165) is 16.7 Å². The Morgan fingerprint density at radius 3 is 2.50 bits per heavy atom. The van der Waals surface area contributed by atoms with E-state index in [0.29, 0.717) is 0 Å². The van der Waals surface area contributed by atoms with Crippen molar-refractivity contribution in [3.05, 3.63) is 36.5 Å². The monoisotopic (exact) mass is 189 g/mol. The van der Waals surface area contributed by atoms with Crippen LogP contribution in [0, 0.1) is 0 Å². The molecule has 0 aliphatic carbocycles. The molecular weight excluding hydrogens is 174 g/mol. The van der Waals surface area contributed by atoms with E-state index in [9.17, 15) is 0 Å². The zero-order valence-electron chi connectivity index (χ0n) is 8.82. The van der Waals surface area contributed by atoms with Crippen molar-refractivity contribution in [2.45, 2.75) is 13.8 Å². The van der Waals surface area contributed by atoms with Gasteiger partial charge >= 0.3 is 0 Å². The van der Waals surface area contributed by atoms with Gasteiger partial charge in [0, 0.05) is 11.6 Å². The van der Waals surface area contributed by atoms with Crippen LogP contribution in [-0.4, -0.2) is 12.1 Å². The first kappa shape index (κ1) is 10.5. The van der Waals surface area contributed by atoms with E-state index in [-0.39, 0.29) is 0 Å². The molecule has 0 aliphatic rings. The SMILES string of the molecule is CC.COc1ccnc2ccccc12. The lowest BCUT2D eigenvalue weighted by Gasteiger charge is -2.02. The van der Waals surface area contributed by atoms with Crippen LogP contribution in [0.5, 0.6) is 5.75 Å². The molecule has 2 nitrogen and oxygen atoms in total. The first-order valence-corrected chi connectivity index (χ1v) is 4.79. The van der Waals surface area contributed by atoms with Gasteiger partial charge in [-0.15, -0.1) is 0 Å². The third-order valence-electron chi connectivity index (χ3n) is 1.83. The highest BCUT2D eigenvalue weighted by Gasteiger charge is 1.98. The lowest BCUT2D eigenvalue weighted by atomic mass is 10.2. The number of benzene rings is 1. The van der Waals surface area contributed by atoms with Gasteiger partial charge in [0.05, 0.1) is 12.6 Å². The van der Waals surface area contributed by atoms with E-state index < -0.39 is 0 Å². The molecule has 0 N–H and O–H groups in total. The molecule has 1 aromatic carbocycles. The van der Waals surface area contributed by atoms with Gasteiger partial charge in [-0.1, -0.05) is 26.0 Å². The number of aromatic nitrogens is 1. The Labute approximate surface area is 84.5 Å². The summed E-state index contributed by atoms with van der Waals surface area (Å²) < 4.78 is 5.19. The first-order valence-electron chi connectivity index (χ1n) is 4.79. The van der Waals surface area contributed by atoms with Crippen LogP contribution >= 0.6 is 0 Å². The minimum Gasteiger partial charge on any atom is -0.496 e. The Hall–Kier alpha value is -1.57. The predicted molar refractivity (Wildman–Crippen MR) is 59.6 cm³/mol. The molecular formula is C12H15NO. The van der Waals surface area contributed by atoms with Crippen LogP contribution in [0.3, 0.4) is 0 Å². The quantitative estimate of drug-likeness (QED) is 0.686. The molecule has 2 heteroatoms. The van der Waals surface area contributed by atoms with E-state index >= 15 is 0 Å². The molecule has 2 aromatic rings. The molecule has 0 fully saturated rings. The highest BCUT2D eigenvalue weighted by atomic mass is 16.5. The normalized spacial score (nSPS) is 9.07. The Balaban J connectivity index is 0.000000461. The fourth-order valence-corrected chi connectivity index (χ4v) is 1.25. The molecule has 74 valence electrons. The van der Waals surface area contributed by atoms with Gasteiger partial charge in [-0.05, 0) is 18.2 Å². The molecule has 0 saturated heterocycles. The van der Waals surface area contributed by atoms with Crippen molar-refractivity contribution in [3.63, 3.8) is 0 Å². The fraction of sp³-hybridized carbons (Fsp3) is 0.250. The lowest BCUT2D eigenvalue weighted by molar-refractivity contribution is 0.419. The Bertz CT molecular complexity index is 393. The topological polar surface area (TPSA) is 22.1 Å². The second kappa shape index (κ2) is 5.22. The first-order chi connectivity index (χ1) is 6.92. The molecule has 0 saturated carbocycles. The van der Waals surface area contributed by atoms with E-state index in [4.69, 9.17) is 4.74 Å². The van der Waals surface area contributed by atoms with Gasteiger partial charge in [0.1, 0.15) is 5.75 Å². The maximum atomic E-state index is 5.19. The molecule has 0 spiro atoms. The molecule has 1 heterocycles. The van der Waals surface area contributed by atoms with Crippen molar-refractivity contribution in [1.82, 2.24) is 4.98 Å². The average molecular weight is 189 g/mol. The summed E-state index contributed by atoms with van der Waals surface area (Å²) in [5, 5.41) is 1.06. The summed E-state index contributed by atoms with van der Waals surface area (Å²) >= 11 is 0. The van der Waals surface area contributed by atoms with Crippen molar-refractivity contribution in [1.29, 1.82) is 0 Å². The fourth-order valence-electron chi connectivity index (χ4n) is 1.25. The molecule has 0 bridgehead atoms. The summed E-state index contributed by atoms with van der Waals surface area (Å²) in [5.41, 5.74) is 0.969. The Kier molecular flexibility index (Phi) is 3.92. The molecule has 0 amide bonds. The molecule has 14 heavy (non-hydrogen) atoms. The minimum atomic E-state index is 0.876. The standard InChI is InChI=1S/C10H9NO.C2H6/c1-12-10-6-7-11-9-5-3-2-4-8(9)10;1-2/h2-7H,1H3;1-2H3. The zero-order chi connectivity index (χ0) is 10.4. The number of hydrogen-bond donors (Lipinski definition) is 0. The molecule has 0 unspecified atom stereocenters. The van der Waals surface area contributed by atoms with Crippen LogP contribution in [0.4, 0.5) is 0 Å². The van der Waals surface area contributed by atoms with Gasteiger partial charge in [-0.2, -0.15) is 0 Å². The number of hydrogen-bond acceptors (Lipinski definition) is 2. The predicted octanol–water partition coefficient (Wildman–Crippen LogP) is 3.27. The third kappa shape index (κ3) is 2.02. The molecule has 1 aromatic heterocycles. The van der Waals surface area contributed by atoms with Crippen molar-refractivity contribution in [2.24, 2.45) is 0 Å². The van der Waals surface area contributed by atoms with Crippen LogP contribution in [0.25, 0.3) is 10.9 Å². The summed E-state index contributed by atoms with van der Waals surface area (Å²) in [5.74, 6) is 0.876. The number of methoxy groups -OCH3 is 1. The molecule has 2 rings (SSSR count). The van der Waals surface area contributed by atoms with Gasteiger partial charge in [0.25, 0.3) is 0 Å². The van der Waals surface area contributed by atoms with Crippen LogP contribution in [0.15, 0.2) is 36.5 Å². The van der Waals surface area contributed by atoms with Gasteiger partial charge in [0.15, 0.2) is 0 Å². The summed E-state index contributed by atoms with van der Waals surface area (Å²) in [7, 11) is 1.67. The largest absolute Gasteiger partial charge is 0.496 e. The summed E-state index contributed by atoms with van der Waals surface area (Å²) in [6.07, 6.45) is 1.75. The van der Waals surface area contributed by atoms with E-state index in [1.807, 2.05) is 44.2 Å². The van der Waals surface area contributed by atoms with Gasteiger partial charge in [-0.3, -0.25) is 4.98 Å². The van der Waals surface area contributed by atoms with Crippen LogP contribution < -0.4 is 4.74 Å². The number of rotatable bonds is 1.